The number of rotatable bonds is 3. The fourth-order valence-electron chi connectivity index (χ4n) is 3.62. The van der Waals surface area contributed by atoms with Crippen molar-refractivity contribution in [3.05, 3.63) is 42.0 Å². The third-order valence-electron chi connectivity index (χ3n) is 4.99. The summed E-state index contributed by atoms with van der Waals surface area (Å²) in [4.78, 5) is 0. The molecule has 0 radical (unpaired) electrons. The van der Waals surface area contributed by atoms with E-state index in [2.05, 4.69) is 24.3 Å². The Kier molecular flexibility index (Phi) is 4.97. The first-order chi connectivity index (χ1) is 10.3. The number of phenols is 1. The Balaban J connectivity index is 1.48. The fourth-order valence-corrected chi connectivity index (χ4v) is 3.62. The van der Waals surface area contributed by atoms with E-state index in [1.165, 1.54) is 44.1 Å². The smallest absolute Gasteiger partial charge is 0.115 e. The topological polar surface area (TPSA) is 29.5 Å². The molecule has 0 amide bonds. The quantitative estimate of drug-likeness (QED) is 0.820. The lowest BCUT2D eigenvalue weighted by Gasteiger charge is -2.27. The zero-order valence-electron chi connectivity index (χ0n) is 12.7. The lowest BCUT2D eigenvalue weighted by Crippen LogP contribution is -2.16. The summed E-state index contributed by atoms with van der Waals surface area (Å²) < 4.78 is 5.53. The minimum Gasteiger partial charge on any atom is -0.508 e. The molecule has 0 aromatic heterocycles. The summed E-state index contributed by atoms with van der Waals surface area (Å²) in [7, 11) is 0. The molecule has 1 N–H and O–H groups in total. The molecule has 1 aromatic rings. The number of hydrogen-bond donors (Lipinski definition) is 1. The van der Waals surface area contributed by atoms with Crippen LogP contribution in [0, 0.1) is 11.8 Å². The second-order valence-electron chi connectivity index (χ2n) is 6.57. The molecule has 0 spiro atoms. The highest BCUT2D eigenvalue weighted by molar-refractivity contribution is 5.28. The molecule has 1 saturated carbocycles. The summed E-state index contributed by atoms with van der Waals surface area (Å²) >= 11 is 0. The molecule has 1 saturated heterocycles. The molecule has 21 heavy (non-hydrogen) atoms. The van der Waals surface area contributed by atoms with Crippen molar-refractivity contribution in [1.29, 1.82) is 0 Å². The molecular formula is C19H26O2. The third kappa shape index (κ3) is 4.10. The van der Waals surface area contributed by atoms with E-state index >= 15 is 0 Å². The van der Waals surface area contributed by atoms with Crippen molar-refractivity contribution in [3.63, 3.8) is 0 Å². The predicted octanol–water partition coefficient (Wildman–Crippen LogP) is 4.65. The third-order valence-corrected chi connectivity index (χ3v) is 4.99. The molecule has 1 atom stereocenters. The lowest BCUT2D eigenvalue weighted by molar-refractivity contribution is 0.0708. The van der Waals surface area contributed by atoms with Crippen molar-refractivity contribution in [2.75, 3.05) is 13.2 Å². The van der Waals surface area contributed by atoms with Crippen molar-refractivity contribution < 1.29 is 9.84 Å². The van der Waals surface area contributed by atoms with Crippen LogP contribution in [0.1, 0.15) is 50.0 Å². The van der Waals surface area contributed by atoms with Crippen LogP contribution < -0.4 is 0 Å². The second kappa shape index (κ2) is 7.13. The number of hydrogen-bond acceptors (Lipinski definition) is 2. The number of allylic oxidation sites excluding steroid dienone is 1. The van der Waals surface area contributed by atoms with Crippen molar-refractivity contribution in [1.82, 2.24) is 0 Å². The van der Waals surface area contributed by atoms with E-state index in [9.17, 15) is 5.11 Å². The molecule has 2 aliphatic rings. The van der Waals surface area contributed by atoms with Crippen LogP contribution in [-0.2, 0) is 4.74 Å². The lowest BCUT2D eigenvalue weighted by atomic mass is 9.78. The van der Waals surface area contributed by atoms with Gasteiger partial charge in [0.15, 0.2) is 0 Å². The molecule has 2 heteroatoms. The summed E-state index contributed by atoms with van der Waals surface area (Å²) in [5.41, 5.74) is 1.39. The fraction of sp³-hybridized carbons (Fsp3) is 0.579. The molecule has 1 heterocycles. The Labute approximate surface area is 127 Å². The van der Waals surface area contributed by atoms with Gasteiger partial charge in [0.2, 0.25) is 0 Å². The van der Waals surface area contributed by atoms with Gasteiger partial charge in [0.05, 0.1) is 6.61 Å². The van der Waals surface area contributed by atoms with Gasteiger partial charge in [-0.3, -0.25) is 0 Å². The first-order valence-corrected chi connectivity index (χ1v) is 8.36. The second-order valence-corrected chi connectivity index (χ2v) is 6.57. The van der Waals surface area contributed by atoms with E-state index < -0.39 is 0 Å². The average Bonchev–Trinajstić information content (AvgIpc) is 2.55. The molecule has 3 rings (SSSR count). The van der Waals surface area contributed by atoms with Crippen LogP contribution in [0.25, 0.3) is 0 Å². The number of phenolic OH excluding ortho intramolecular Hbond substituents is 1. The molecule has 1 aliphatic carbocycles. The van der Waals surface area contributed by atoms with Gasteiger partial charge in [-0.05, 0) is 68.1 Å². The Hall–Kier alpha value is -1.28. The zero-order chi connectivity index (χ0) is 14.5. The van der Waals surface area contributed by atoms with E-state index in [1.807, 2.05) is 12.1 Å². The molecule has 1 aromatic carbocycles. The van der Waals surface area contributed by atoms with Crippen LogP contribution >= 0.6 is 0 Å². The van der Waals surface area contributed by atoms with Crippen molar-refractivity contribution >= 4 is 0 Å². The normalized spacial score (nSPS) is 30.6. The van der Waals surface area contributed by atoms with Gasteiger partial charge in [-0.15, -0.1) is 0 Å². The van der Waals surface area contributed by atoms with Gasteiger partial charge in [-0.25, -0.2) is 0 Å². The van der Waals surface area contributed by atoms with Crippen LogP contribution in [0.4, 0.5) is 0 Å². The van der Waals surface area contributed by atoms with Crippen molar-refractivity contribution in [3.8, 4) is 5.75 Å². The summed E-state index contributed by atoms with van der Waals surface area (Å²) in [5, 5.41) is 9.37. The predicted molar refractivity (Wildman–Crippen MR) is 85.5 cm³/mol. The van der Waals surface area contributed by atoms with Crippen LogP contribution in [0.2, 0.25) is 0 Å². The van der Waals surface area contributed by atoms with Crippen LogP contribution in [-0.4, -0.2) is 18.3 Å². The minimum absolute atomic E-state index is 0.366. The maximum Gasteiger partial charge on any atom is 0.115 e. The molecule has 1 unspecified atom stereocenters. The van der Waals surface area contributed by atoms with E-state index in [4.69, 9.17) is 4.74 Å². The van der Waals surface area contributed by atoms with E-state index in [1.54, 1.807) is 0 Å². The maximum absolute atomic E-state index is 9.37. The highest BCUT2D eigenvalue weighted by atomic mass is 16.5. The number of benzene rings is 1. The van der Waals surface area contributed by atoms with Crippen molar-refractivity contribution in [2.45, 2.75) is 44.4 Å². The minimum atomic E-state index is 0.366. The summed E-state index contributed by atoms with van der Waals surface area (Å²) in [6.45, 7) is 1.86. The van der Waals surface area contributed by atoms with Gasteiger partial charge >= 0.3 is 0 Å². The average molecular weight is 286 g/mol. The van der Waals surface area contributed by atoms with Gasteiger partial charge in [0.25, 0.3) is 0 Å². The Morgan fingerprint density at radius 3 is 2.29 bits per heavy atom. The van der Waals surface area contributed by atoms with Crippen LogP contribution in [0.5, 0.6) is 5.75 Å². The van der Waals surface area contributed by atoms with E-state index in [0.717, 1.165) is 19.1 Å². The highest BCUT2D eigenvalue weighted by Crippen LogP contribution is 2.37. The molecule has 2 nitrogen and oxygen atoms in total. The molecule has 2 fully saturated rings. The summed E-state index contributed by atoms with van der Waals surface area (Å²) in [5.74, 6) is 2.44. The standard InChI is InChI=1S/C19H26O2/c20-19-11-9-18(10-12-19)17-7-5-15(6-8-17)3-4-16-2-1-13-21-14-16/h3-4,9-12,15-17,20H,1-2,5-8,13-14H2/b4-3+. The molecule has 114 valence electrons. The first-order valence-electron chi connectivity index (χ1n) is 8.36. The largest absolute Gasteiger partial charge is 0.508 e. The summed E-state index contributed by atoms with van der Waals surface area (Å²) in [6, 6.07) is 7.78. The van der Waals surface area contributed by atoms with Gasteiger partial charge in [0.1, 0.15) is 5.75 Å². The maximum atomic E-state index is 9.37. The number of ether oxygens (including phenoxy) is 1. The highest BCUT2D eigenvalue weighted by Gasteiger charge is 2.21. The van der Waals surface area contributed by atoms with Gasteiger partial charge < -0.3 is 9.84 Å². The van der Waals surface area contributed by atoms with E-state index in [-0.39, 0.29) is 0 Å². The summed E-state index contributed by atoms with van der Waals surface area (Å²) in [6.07, 6.45) is 12.5. The molecular weight excluding hydrogens is 260 g/mol. The Morgan fingerprint density at radius 1 is 0.905 bits per heavy atom. The van der Waals surface area contributed by atoms with Crippen LogP contribution in [0.15, 0.2) is 36.4 Å². The molecule has 0 bridgehead atoms. The van der Waals surface area contributed by atoms with E-state index in [0.29, 0.717) is 17.6 Å². The molecule has 1 aliphatic heterocycles. The monoisotopic (exact) mass is 286 g/mol. The zero-order valence-corrected chi connectivity index (χ0v) is 12.7. The Morgan fingerprint density at radius 2 is 1.62 bits per heavy atom. The van der Waals surface area contributed by atoms with Crippen LogP contribution in [0.3, 0.4) is 0 Å². The number of aromatic hydroxyl groups is 1. The van der Waals surface area contributed by atoms with Crippen molar-refractivity contribution in [2.24, 2.45) is 11.8 Å². The first kappa shape index (κ1) is 14.6. The van der Waals surface area contributed by atoms with Gasteiger partial charge in [-0.1, -0.05) is 24.3 Å². The Bertz CT molecular complexity index is 449. The van der Waals surface area contributed by atoms with Gasteiger partial charge in [-0.2, -0.15) is 0 Å². The van der Waals surface area contributed by atoms with Gasteiger partial charge in [0, 0.05) is 12.5 Å². The SMILES string of the molecule is Oc1ccc(C2CCC(/C=C/C3CCCOC3)CC2)cc1.